The van der Waals surface area contributed by atoms with E-state index in [1.165, 1.54) is 24.3 Å². The van der Waals surface area contributed by atoms with Gasteiger partial charge in [0.15, 0.2) is 0 Å². The Morgan fingerprint density at radius 2 is 1.76 bits per heavy atom. The van der Waals surface area contributed by atoms with Gasteiger partial charge in [-0.2, -0.15) is 0 Å². The average Bonchev–Trinajstić information content (AvgIpc) is 2.74. The number of rotatable bonds is 2. The largest absolute Gasteiger partial charge is 0.333 e. The van der Waals surface area contributed by atoms with E-state index < -0.39 is 17.8 Å². The van der Waals surface area contributed by atoms with Crippen LogP contribution < -0.4 is 10.2 Å². The highest BCUT2D eigenvalue weighted by Crippen LogP contribution is 2.21. The zero-order valence-corrected chi connectivity index (χ0v) is 10.9. The zero-order valence-electron chi connectivity index (χ0n) is 10.9. The summed E-state index contributed by atoms with van der Waals surface area (Å²) in [6, 6.07) is 13.9. The lowest BCUT2D eigenvalue weighted by Crippen LogP contribution is -2.30. The molecule has 0 atom stereocenters. The van der Waals surface area contributed by atoms with Gasteiger partial charge in [-0.15, -0.1) is 0 Å². The Labute approximate surface area is 120 Å². The summed E-state index contributed by atoms with van der Waals surface area (Å²) in [6.45, 7) is 0. The fraction of sp³-hybridized carbons (Fsp3) is 0. The third kappa shape index (κ3) is 2.53. The second-order valence-electron chi connectivity index (χ2n) is 4.52. The Balaban J connectivity index is 1.94. The molecule has 0 spiro atoms. The predicted molar refractivity (Wildman–Crippen MR) is 76.8 cm³/mol. The van der Waals surface area contributed by atoms with Crippen LogP contribution in [0.4, 0.5) is 14.9 Å². The molecule has 0 unspecified atom stereocenters. The van der Waals surface area contributed by atoms with Crippen LogP contribution in [-0.4, -0.2) is 11.9 Å². The van der Waals surface area contributed by atoms with Crippen molar-refractivity contribution in [1.82, 2.24) is 5.32 Å². The van der Waals surface area contributed by atoms with E-state index in [0.717, 1.165) is 4.90 Å². The highest BCUT2D eigenvalue weighted by molar-refractivity contribution is 6.28. The molecule has 0 bridgehead atoms. The molecule has 0 radical (unpaired) electrons. The average molecular weight is 282 g/mol. The van der Waals surface area contributed by atoms with Crippen molar-refractivity contribution in [2.45, 2.75) is 0 Å². The number of urea groups is 1. The molecule has 0 saturated carbocycles. The highest BCUT2D eigenvalue weighted by atomic mass is 19.1. The molecule has 0 aliphatic carbocycles. The zero-order chi connectivity index (χ0) is 14.8. The summed E-state index contributed by atoms with van der Waals surface area (Å²) in [5.74, 6) is -0.864. The van der Waals surface area contributed by atoms with Crippen molar-refractivity contribution in [3.63, 3.8) is 0 Å². The first-order valence-corrected chi connectivity index (χ1v) is 6.33. The Bertz CT molecular complexity index is 741. The second kappa shape index (κ2) is 5.20. The van der Waals surface area contributed by atoms with Crippen LogP contribution in [0.3, 0.4) is 0 Å². The molecule has 1 aliphatic heterocycles. The number of benzene rings is 2. The summed E-state index contributed by atoms with van der Waals surface area (Å²) in [5, 5.41) is 2.50. The molecule has 0 aromatic heterocycles. The summed E-state index contributed by atoms with van der Waals surface area (Å²) < 4.78 is 13.1. The van der Waals surface area contributed by atoms with Gasteiger partial charge in [0.1, 0.15) is 11.5 Å². The van der Waals surface area contributed by atoms with Gasteiger partial charge in [0.25, 0.3) is 5.91 Å². The molecule has 5 heteroatoms. The Kier molecular flexibility index (Phi) is 3.23. The number of hydrogen-bond donors (Lipinski definition) is 1. The molecular weight excluding hydrogens is 271 g/mol. The highest BCUT2D eigenvalue weighted by Gasteiger charge is 2.34. The minimum absolute atomic E-state index is 0.120. The molecule has 104 valence electrons. The van der Waals surface area contributed by atoms with Crippen LogP contribution in [-0.2, 0) is 4.79 Å². The van der Waals surface area contributed by atoms with Crippen molar-refractivity contribution in [3.8, 4) is 0 Å². The minimum atomic E-state index is -0.520. The Morgan fingerprint density at radius 3 is 2.48 bits per heavy atom. The number of carbonyl (C=O) groups excluding carboxylic acids is 2. The van der Waals surface area contributed by atoms with Crippen molar-refractivity contribution in [2.24, 2.45) is 0 Å². The van der Waals surface area contributed by atoms with Gasteiger partial charge in [-0.1, -0.05) is 30.3 Å². The molecule has 4 nitrogen and oxygen atoms in total. The van der Waals surface area contributed by atoms with Gasteiger partial charge >= 0.3 is 6.03 Å². The van der Waals surface area contributed by atoms with Gasteiger partial charge in [0.2, 0.25) is 0 Å². The van der Waals surface area contributed by atoms with Gasteiger partial charge in [-0.25, -0.2) is 14.1 Å². The van der Waals surface area contributed by atoms with Crippen molar-refractivity contribution >= 4 is 23.7 Å². The number of nitrogens with one attached hydrogen (secondary N) is 1. The van der Waals surface area contributed by atoms with Crippen molar-refractivity contribution in [2.75, 3.05) is 4.90 Å². The number of para-hydroxylation sites is 1. The Hall–Kier alpha value is -2.95. The maximum Gasteiger partial charge on any atom is 0.333 e. The van der Waals surface area contributed by atoms with E-state index in [-0.39, 0.29) is 5.70 Å². The van der Waals surface area contributed by atoms with E-state index in [9.17, 15) is 14.0 Å². The van der Waals surface area contributed by atoms with Crippen LogP contribution in [0, 0.1) is 5.82 Å². The van der Waals surface area contributed by atoms with Crippen LogP contribution in [0.25, 0.3) is 6.08 Å². The van der Waals surface area contributed by atoms with Gasteiger partial charge in [0.05, 0.1) is 5.69 Å². The van der Waals surface area contributed by atoms with Crippen molar-refractivity contribution in [1.29, 1.82) is 0 Å². The smallest absolute Gasteiger partial charge is 0.302 e. The maximum absolute atomic E-state index is 13.1. The van der Waals surface area contributed by atoms with E-state index in [2.05, 4.69) is 5.32 Å². The lowest BCUT2D eigenvalue weighted by atomic mass is 10.2. The first kappa shape index (κ1) is 13.1. The number of hydrogen-bond acceptors (Lipinski definition) is 2. The molecule has 2 aromatic carbocycles. The second-order valence-corrected chi connectivity index (χ2v) is 4.52. The van der Waals surface area contributed by atoms with E-state index in [0.29, 0.717) is 11.3 Å². The molecule has 1 saturated heterocycles. The number of imide groups is 1. The predicted octanol–water partition coefficient (Wildman–Crippen LogP) is 2.92. The minimum Gasteiger partial charge on any atom is -0.302 e. The monoisotopic (exact) mass is 282 g/mol. The number of halogens is 1. The normalized spacial score (nSPS) is 16.4. The molecule has 3 rings (SSSR count). The van der Waals surface area contributed by atoms with Crippen LogP contribution in [0.15, 0.2) is 60.3 Å². The van der Waals surface area contributed by atoms with Crippen LogP contribution in [0.1, 0.15) is 5.56 Å². The van der Waals surface area contributed by atoms with Crippen LogP contribution in [0.5, 0.6) is 0 Å². The van der Waals surface area contributed by atoms with E-state index in [4.69, 9.17) is 0 Å². The van der Waals surface area contributed by atoms with Crippen molar-refractivity contribution < 1.29 is 14.0 Å². The molecule has 2 aromatic rings. The van der Waals surface area contributed by atoms with E-state index >= 15 is 0 Å². The van der Waals surface area contributed by atoms with Crippen LogP contribution in [0.2, 0.25) is 0 Å². The lowest BCUT2D eigenvalue weighted by molar-refractivity contribution is -0.113. The summed E-state index contributed by atoms with van der Waals surface area (Å²) >= 11 is 0. The first-order valence-electron chi connectivity index (χ1n) is 6.33. The van der Waals surface area contributed by atoms with Gasteiger partial charge in [0, 0.05) is 0 Å². The molecule has 1 fully saturated rings. The summed E-state index contributed by atoms with van der Waals surface area (Å²) in [6.07, 6.45) is 1.45. The van der Waals surface area contributed by atoms with Crippen LogP contribution >= 0.6 is 0 Å². The van der Waals surface area contributed by atoms with E-state index in [1.54, 1.807) is 36.4 Å². The third-order valence-electron chi connectivity index (χ3n) is 3.05. The van der Waals surface area contributed by atoms with E-state index in [1.807, 2.05) is 0 Å². The summed E-state index contributed by atoms with van der Waals surface area (Å²) in [5.41, 5.74) is 1.12. The molecule has 21 heavy (non-hydrogen) atoms. The van der Waals surface area contributed by atoms with Gasteiger partial charge < -0.3 is 5.32 Å². The number of nitrogens with zero attached hydrogens (tertiary/aromatic N) is 1. The third-order valence-corrected chi connectivity index (χ3v) is 3.05. The molecule has 1 N–H and O–H groups in total. The number of anilines is 1. The number of amides is 3. The maximum atomic E-state index is 13.1. The van der Waals surface area contributed by atoms with Crippen molar-refractivity contribution in [3.05, 3.63) is 71.7 Å². The quantitative estimate of drug-likeness (QED) is 0.680. The summed E-state index contributed by atoms with van der Waals surface area (Å²) in [4.78, 5) is 25.3. The fourth-order valence-electron chi connectivity index (χ4n) is 2.11. The first-order chi connectivity index (χ1) is 10.1. The SMILES string of the molecule is O=C1NC(=Cc2cccc(F)c2)C(=O)N1c1ccccc1. The number of carbonyl (C=O) groups is 2. The molecule has 3 amide bonds. The topological polar surface area (TPSA) is 49.4 Å². The Morgan fingerprint density at radius 1 is 1.00 bits per heavy atom. The molecule has 1 aliphatic rings. The van der Waals surface area contributed by atoms with Gasteiger partial charge in [-0.05, 0) is 35.9 Å². The molecular formula is C16H11FN2O2. The standard InChI is InChI=1S/C16H11FN2O2/c17-12-6-4-5-11(9-12)10-14-15(20)19(16(21)18-14)13-7-2-1-3-8-13/h1-10H,(H,18,21). The van der Waals surface area contributed by atoms with Gasteiger partial charge in [-0.3, -0.25) is 4.79 Å². The molecule has 1 heterocycles. The fourth-order valence-corrected chi connectivity index (χ4v) is 2.11. The lowest BCUT2D eigenvalue weighted by Gasteiger charge is -2.10. The summed E-state index contributed by atoms with van der Waals surface area (Å²) in [7, 11) is 0.